The number of hydrogen-bond donors (Lipinski definition) is 1. The standard InChI is InChI=1S/C16H19F3N4/c1-22-9-12(7-20)10-23-15(22)13(8-21-23)5-11-3-2-4-14(6-11)16(17,18)19/h2-4,6,8,12H,5,7,9-10,20H2,1H3. The molecule has 0 fully saturated rings. The maximum absolute atomic E-state index is 12.8. The number of aromatic nitrogens is 2. The zero-order valence-corrected chi connectivity index (χ0v) is 12.8. The molecule has 0 radical (unpaired) electrons. The van der Waals surface area contributed by atoms with Crippen LogP contribution in [0.3, 0.4) is 0 Å². The molecule has 2 N–H and O–H groups in total. The molecule has 124 valence electrons. The predicted octanol–water partition coefficient (Wildman–Crippen LogP) is 2.52. The number of benzene rings is 1. The van der Waals surface area contributed by atoms with Gasteiger partial charge in [-0.2, -0.15) is 18.3 Å². The van der Waals surface area contributed by atoms with Gasteiger partial charge in [-0.1, -0.05) is 18.2 Å². The summed E-state index contributed by atoms with van der Waals surface area (Å²) in [6.45, 7) is 2.17. The van der Waals surface area contributed by atoms with E-state index < -0.39 is 11.7 Å². The van der Waals surface area contributed by atoms with Gasteiger partial charge in [-0.15, -0.1) is 0 Å². The summed E-state index contributed by atoms with van der Waals surface area (Å²) in [5, 5.41) is 4.37. The normalized spacial score (nSPS) is 18.1. The smallest absolute Gasteiger partial charge is 0.359 e. The van der Waals surface area contributed by atoms with E-state index in [1.807, 2.05) is 11.7 Å². The fraction of sp³-hybridized carbons (Fsp3) is 0.438. The number of anilines is 1. The highest BCUT2D eigenvalue weighted by Crippen LogP contribution is 2.31. The average molecular weight is 324 g/mol. The van der Waals surface area contributed by atoms with Crippen LogP contribution < -0.4 is 10.6 Å². The van der Waals surface area contributed by atoms with E-state index in [2.05, 4.69) is 10.00 Å². The highest BCUT2D eigenvalue weighted by molar-refractivity contribution is 5.50. The first-order chi connectivity index (χ1) is 10.9. The van der Waals surface area contributed by atoms with Gasteiger partial charge in [0.2, 0.25) is 0 Å². The third kappa shape index (κ3) is 3.19. The minimum absolute atomic E-state index is 0.341. The second-order valence-corrected chi connectivity index (χ2v) is 6.03. The van der Waals surface area contributed by atoms with Gasteiger partial charge in [-0.3, -0.25) is 0 Å². The van der Waals surface area contributed by atoms with E-state index in [1.54, 1.807) is 12.3 Å². The Morgan fingerprint density at radius 3 is 2.78 bits per heavy atom. The van der Waals surface area contributed by atoms with Crippen molar-refractivity contribution in [1.29, 1.82) is 0 Å². The van der Waals surface area contributed by atoms with Crippen LogP contribution in [-0.2, 0) is 19.1 Å². The molecule has 4 nitrogen and oxygen atoms in total. The lowest BCUT2D eigenvalue weighted by Gasteiger charge is -2.32. The summed E-state index contributed by atoms with van der Waals surface area (Å²) in [7, 11) is 1.96. The SMILES string of the molecule is CN1CC(CN)Cn2ncc(Cc3cccc(C(F)(F)F)c3)c21. The number of nitrogens with zero attached hydrogens (tertiary/aromatic N) is 3. The van der Waals surface area contributed by atoms with Crippen LogP contribution in [0, 0.1) is 5.92 Å². The molecule has 1 aromatic heterocycles. The van der Waals surface area contributed by atoms with Crippen molar-refractivity contribution in [3.8, 4) is 0 Å². The van der Waals surface area contributed by atoms with E-state index in [4.69, 9.17) is 5.73 Å². The first kappa shape index (κ1) is 15.9. The van der Waals surface area contributed by atoms with Crippen LogP contribution in [0.15, 0.2) is 30.5 Å². The Hall–Kier alpha value is -2.02. The van der Waals surface area contributed by atoms with Crippen molar-refractivity contribution in [3.05, 3.63) is 47.2 Å². The summed E-state index contributed by atoms with van der Waals surface area (Å²) in [5.41, 5.74) is 6.68. The van der Waals surface area contributed by atoms with Gasteiger partial charge in [0.05, 0.1) is 11.8 Å². The van der Waals surface area contributed by atoms with Gasteiger partial charge in [0.25, 0.3) is 0 Å². The molecule has 0 amide bonds. The fourth-order valence-electron chi connectivity index (χ4n) is 3.12. The zero-order valence-electron chi connectivity index (χ0n) is 12.8. The topological polar surface area (TPSA) is 47.1 Å². The van der Waals surface area contributed by atoms with E-state index in [-0.39, 0.29) is 0 Å². The molecule has 1 aliphatic rings. The van der Waals surface area contributed by atoms with Crippen molar-refractivity contribution in [2.24, 2.45) is 11.7 Å². The van der Waals surface area contributed by atoms with E-state index in [0.717, 1.165) is 30.5 Å². The van der Waals surface area contributed by atoms with Crippen molar-refractivity contribution in [1.82, 2.24) is 9.78 Å². The minimum atomic E-state index is -4.32. The maximum atomic E-state index is 12.8. The fourth-order valence-corrected chi connectivity index (χ4v) is 3.12. The Morgan fingerprint density at radius 1 is 1.30 bits per heavy atom. The van der Waals surface area contributed by atoms with Crippen LogP contribution in [0.1, 0.15) is 16.7 Å². The molecule has 2 aromatic rings. The molecule has 1 atom stereocenters. The number of alkyl halides is 3. The largest absolute Gasteiger partial charge is 0.416 e. The molecule has 3 rings (SSSR count). The average Bonchev–Trinajstić information content (AvgIpc) is 2.90. The second-order valence-electron chi connectivity index (χ2n) is 6.03. The summed E-state index contributed by atoms with van der Waals surface area (Å²) in [5.74, 6) is 1.31. The third-order valence-corrected chi connectivity index (χ3v) is 4.19. The zero-order chi connectivity index (χ0) is 16.6. The number of halogens is 3. The summed E-state index contributed by atoms with van der Waals surface area (Å²) < 4.78 is 40.4. The lowest BCUT2D eigenvalue weighted by molar-refractivity contribution is -0.137. The van der Waals surface area contributed by atoms with Crippen molar-refractivity contribution >= 4 is 5.82 Å². The molecule has 0 aliphatic carbocycles. The molecular formula is C16H19F3N4. The summed E-state index contributed by atoms with van der Waals surface area (Å²) in [6, 6.07) is 5.46. The molecule has 1 aromatic carbocycles. The molecular weight excluding hydrogens is 305 g/mol. The van der Waals surface area contributed by atoms with Crippen molar-refractivity contribution in [2.45, 2.75) is 19.1 Å². The molecule has 0 bridgehead atoms. The van der Waals surface area contributed by atoms with Crippen molar-refractivity contribution in [3.63, 3.8) is 0 Å². The lowest BCUT2D eigenvalue weighted by Crippen LogP contribution is -2.39. The Kier molecular flexibility index (Phi) is 4.06. The van der Waals surface area contributed by atoms with Crippen LogP contribution >= 0.6 is 0 Å². The van der Waals surface area contributed by atoms with E-state index >= 15 is 0 Å². The number of nitrogens with two attached hydrogens (primary N) is 1. The Labute approximate surface area is 132 Å². The molecule has 23 heavy (non-hydrogen) atoms. The summed E-state index contributed by atoms with van der Waals surface area (Å²) in [4.78, 5) is 2.08. The second kappa shape index (κ2) is 5.88. The number of rotatable bonds is 3. The van der Waals surface area contributed by atoms with E-state index in [9.17, 15) is 13.2 Å². The Bertz CT molecular complexity index is 693. The predicted molar refractivity (Wildman–Crippen MR) is 82.3 cm³/mol. The van der Waals surface area contributed by atoms with Crippen molar-refractivity contribution in [2.75, 3.05) is 25.0 Å². The molecule has 0 saturated heterocycles. The lowest BCUT2D eigenvalue weighted by atomic mass is 10.0. The number of fused-ring (bicyclic) bond motifs is 1. The van der Waals surface area contributed by atoms with Crippen LogP contribution in [0.25, 0.3) is 0 Å². The van der Waals surface area contributed by atoms with Crippen molar-refractivity contribution < 1.29 is 13.2 Å². The van der Waals surface area contributed by atoms with Gasteiger partial charge in [-0.25, -0.2) is 4.68 Å². The summed E-state index contributed by atoms with van der Waals surface area (Å²) in [6.07, 6.45) is -2.15. The molecule has 2 heterocycles. The molecule has 1 unspecified atom stereocenters. The first-order valence-electron chi connectivity index (χ1n) is 7.50. The van der Waals surface area contributed by atoms with Gasteiger partial charge in [0.1, 0.15) is 5.82 Å². The van der Waals surface area contributed by atoms with E-state index in [1.165, 1.54) is 12.1 Å². The van der Waals surface area contributed by atoms with Gasteiger partial charge >= 0.3 is 6.18 Å². The molecule has 7 heteroatoms. The monoisotopic (exact) mass is 324 g/mol. The Balaban J connectivity index is 1.87. The quantitative estimate of drug-likeness (QED) is 0.944. The van der Waals surface area contributed by atoms with E-state index in [0.29, 0.717) is 24.4 Å². The van der Waals surface area contributed by atoms with Gasteiger partial charge in [0, 0.05) is 38.0 Å². The van der Waals surface area contributed by atoms with Gasteiger partial charge in [0.15, 0.2) is 0 Å². The van der Waals surface area contributed by atoms with Crippen LogP contribution in [0.2, 0.25) is 0 Å². The van der Waals surface area contributed by atoms with Gasteiger partial charge in [-0.05, 0) is 18.2 Å². The highest BCUT2D eigenvalue weighted by atomic mass is 19.4. The molecule has 1 aliphatic heterocycles. The molecule has 0 spiro atoms. The Morgan fingerprint density at radius 2 is 2.09 bits per heavy atom. The van der Waals surface area contributed by atoms with Gasteiger partial charge < -0.3 is 10.6 Å². The summed E-state index contributed by atoms with van der Waals surface area (Å²) >= 11 is 0. The van der Waals surface area contributed by atoms with Crippen LogP contribution in [0.4, 0.5) is 19.0 Å². The maximum Gasteiger partial charge on any atom is 0.416 e. The highest BCUT2D eigenvalue weighted by Gasteiger charge is 2.30. The first-order valence-corrected chi connectivity index (χ1v) is 7.50. The minimum Gasteiger partial charge on any atom is -0.359 e. The number of hydrogen-bond acceptors (Lipinski definition) is 3. The van der Waals surface area contributed by atoms with Crippen LogP contribution in [0.5, 0.6) is 0 Å². The molecule has 0 saturated carbocycles. The van der Waals surface area contributed by atoms with Crippen LogP contribution in [-0.4, -0.2) is 29.9 Å². The third-order valence-electron chi connectivity index (χ3n) is 4.19.